The lowest BCUT2D eigenvalue weighted by atomic mass is 9.92. The fraction of sp³-hybridized carbons (Fsp3) is 0.533. The zero-order chi connectivity index (χ0) is 14.5. The van der Waals surface area contributed by atoms with Gasteiger partial charge in [0.1, 0.15) is 0 Å². The maximum absolute atomic E-state index is 11.7. The standard InChI is InChI=1S/C15H25N3O/c1-5-17-14(19)11-6-7-13(12(16)10-11)18-9-8-15(2,3)4/h6-7,10,18H,5,8-9,16H2,1-4H3,(H,17,19). The molecule has 0 spiro atoms. The first-order valence-electron chi connectivity index (χ1n) is 6.75. The van der Waals surface area contributed by atoms with E-state index >= 15 is 0 Å². The number of benzene rings is 1. The molecule has 1 aromatic rings. The molecule has 0 aromatic heterocycles. The normalized spacial score (nSPS) is 11.2. The summed E-state index contributed by atoms with van der Waals surface area (Å²) in [6.45, 7) is 9.99. The van der Waals surface area contributed by atoms with Crippen LogP contribution in [0.15, 0.2) is 18.2 Å². The summed E-state index contributed by atoms with van der Waals surface area (Å²) in [5.41, 5.74) is 8.35. The number of hydrogen-bond donors (Lipinski definition) is 3. The first-order chi connectivity index (χ1) is 8.83. The van der Waals surface area contributed by atoms with E-state index in [4.69, 9.17) is 5.73 Å². The van der Waals surface area contributed by atoms with E-state index in [-0.39, 0.29) is 5.91 Å². The second-order valence-corrected chi connectivity index (χ2v) is 5.90. The van der Waals surface area contributed by atoms with Crippen molar-refractivity contribution in [2.75, 3.05) is 24.1 Å². The Labute approximate surface area is 115 Å². The number of nitrogens with one attached hydrogen (secondary N) is 2. The van der Waals surface area contributed by atoms with Gasteiger partial charge in [-0.3, -0.25) is 4.79 Å². The third-order valence-corrected chi connectivity index (χ3v) is 2.84. The van der Waals surface area contributed by atoms with Crippen LogP contribution in [0.5, 0.6) is 0 Å². The van der Waals surface area contributed by atoms with Crippen molar-refractivity contribution in [2.45, 2.75) is 34.1 Å². The lowest BCUT2D eigenvalue weighted by molar-refractivity contribution is 0.0956. The summed E-state index contributed by atoms with van der Waals surface area (Å²) < 4.78 is 0. The molecule has 0 aliphatic rings. The molecule has 4 nitrogen and oxygen atoms in total. The number of rotatable bonds is 5. The van der Waals surface area contributed by atoms with Crippen LogP contribution in [0.1, 0.15) is 44.5 Å². The minimum absolute atomic E-state index is 0.0876. The summed E-state index contributed by atoms with van der Waals surface area (Å²) >= 11 is 0. The lowest BCUT2D eigenvalue weighted by Gasteiger charge is -2.19. The Hall–Kier alpha value is -1.71. The summed E-state index contributed by atoms with van der Waals surface area (Å²) in [5.74, 6) is -0.0876. The average Bonchev–Trinajstić information content (AvgIpc) is 2.30. The van der Waals surface area contributed by atoms with E-state index in [2.05, 4.69) is 31.4 Å². The second-order valence-electron chi connectivity index (χ2n) is 5.90. The highest BCUT2D eigenvalue weighted by Gasteiger charge is 2.10. The second kappa shape index (κ2) is 6.45. The highest BCUT2D eigenvalue weighted by molar-refractivity contribution is 5.96. The Morgan fingerprint density at radius 3 is 2.53 bits per heavy atom. The zero-order valence-corrected chi connectivity index (χ0v) is 12.3. The minimum Gasteiger partial charge on any atom is -0.397 e. The molecule has 0 heterocycles. The fourth-order valence-electron chi connectivity index (χ4n) is 1.70. The van der Waals surface area contributed by atoms with E-state index in [0.29, 0.717) is 23.2 Å². The maximum atomic E-state index is 11.7. The van der Waals surface area contributed by atoms with Gasteiger partial charge in [-0.25, -0.2) is 0 Å². The topological polar surface area (TPSA) is 67.2 Å². The molecule has 4 heteroatoms. The summed E-state index contributed by atoms with van der Waals surface area (Å²) in [6.07, 6.45) is 1.06. The van der Waals surface area contributed by atoms with Crippen LogP contribution in [0.2, 0.25) is 0 Å². The van der Waals surface area contributed by atoms with Crippen LogP contribution in [0.3, 0.4) is 0 Å². The first kappa shape index (κ1) is 15.3. The number of carbonyl (C=O) groups is 1. The van der Waals surface area contributed by atoms with Crippen molar-refractivity contribution in [1.29, 1.82) is 0 Å². The van der Waals surface area contributed by atoms with Crippen LogP contribution in [-0.2, 0) is 0 Å². The molecule has 0 aliphatic heterocycles. The average molecular weight is 263 g/mol. The number of anilines is 2. The van der Waals surface area contributed by atoms with Gasteiger partial charge in [-0.1, -0.05) is 20.8 Å². The quantitative estimate of drug-likeness (QED) is 0.716. The Kier molecular flexibility index (Phi) is 5.21. The van der Waals surface area contributed by atoms with E-state index in [0.717, 1.165) is 18.7 Å². The van der Waals surface area contributed by atoms with Gasteiger partial charge in [0.2, 0.25) is 0 Å². The van der Waals surface area contributed by atoms with Gasteiger partial charge in [0.05, 0.1) is 11.4 Å². The molecule has 1 rings (SSSR count). The molecular formula is C15H25N3O. The molecule has 0 fully saturated rings. The number of nitrogens with two attached hydrogens (primary N) is 1. The summed E-state index contributed by atoms with van der Waals surface area (Å²) in [4.78, 5) is 11.7. The molecule has 0 saturated carbocycles. The largest absolute Gasteiger partial charge is 0.397 e. The number of nitrogen functional groups attached to an aromatic ring is 1. The van der Waals surface area contributed by atoms with Gasteiger partial charge in [0.15, 0.2) is 0 Å². The van der Waals surface area contributed by atoms with Crippen molar-refractivity contribution in [3.8, 4) is 0 Å². The number of hydrogen-bond acceptors (Lipinski definition) is 3. The van der Waals surface area contributed by atoms with Crippen LogP contribution in [0.4, 0.5) is 11.4 Å². The third kappa shape index (κ3) is 5.20. The highest BCUT2D eigenvalue weighted by Crippen LogP contribution is 2.22. The molecule has 0 bridgehead atoms. The van der Waals surface area contributed by atoms with Crippen molar-refractivity contribution >= 4 is 17.3 Å². The summed E-state index contributed by atoms with van der Waals surface area (Å²) in [5, 5.41) is 6.07. The van der Waals surface area contributed by atoms with Crippen molar-refractivity contribution in [2.24, 2.45) is 5.41 Å². The van der Waals surface area contributed by atoms with Crippen LogP contribution < -0.4 is 16.4 Å². The fourth-order valence-corrected chi connectivity index (χ4v) is 1.70. The van der Waals surface area contributed by atoms with Gasteiger partial charge < -0.3 is 16.4 Å². The molecule has 4 N–H and O–H groups in total. The van der Waals surface area contributed by atoms with Gasteiger partial charge in [-0.05, 0) is 37.0 Å². The van der Waals surface area contributed by atoms with E-state index in [1.807, 2.05) is 13.0 Å². The molecule has 0 atom stereocenters. The van der Waals surface area contributed by atoms with Gasteiger partial charge in [-0.2, -0.15) is 0 Å². The van der Waals surface area contributed by atoms with Crippen molar-refractivity contribution in [3.05, 3.63) is 23.8 Å². The Balaban J connectivity index is 2.65. The Morgan fingerprint density at radius 2 is 2.00 bits per heavy atom. The maximum Gasteiger partial charge on any atom is 0.251 e. The predicted octanol–water partition coefficient (Wildman–Crippen LogP) is 2.87. The number of carbonyl (C=O) groups excluding carboxylic acids is 1. The molecule has 0 unspecified atom stereocenters. The van der Waals surface area contributed by atoms with E-state index in [1.165, 1.54) is 0 Å². The summed E-state index contributed by atoms with van der Waals surface area (Å²) in [7, 11) is 0. The lowest BCUT2D eigenvalue weighted by Crippen LogP contribution is -2.22. The monoisotopic (exact) mass is 263 g/mol. The predicted molar refractivity (Wildman–Crippen MR) is 81.4 cm³/mol. The first-order valence-corrected chi connectivity index (χ1v) is 6.75. The SMILES string of the molecule is CCNC(=O)c1ccc(NCCC(C)(C)C)c(N)c1. The van der Waals surface area contributed by atoms with Crippen molar-refractivity contribution in [3.63, 3.8) is 0 Å². The van der Waals surface area contributed by atoms with Crippen LogP contribution in [-0.4, -0.2) is 19.0 Å². The molecule has 1 amide bonds. The van der Waals surface area contributed by atoms with Gasteiger partial charge in [0.25, 0.3) is 5.91 Å². The van der Waals surface area contributed by atoms with E-state index in [9.17, 15) is 4.79 Å². The Bertz CT molecular complexity index is 436. The molecule has 1 aromatic carbocycles. The minimum atomic E-state index is -0.0876. The van der Waals surface area contributed by atoms with Gasteiger partial charge in [-0.15, -0.1) is 0 Å². The van der Waals surface area contributed by atoms with Crippen LogP contribution in [0, 0.1) is 5.41 Å². The smallest absolute Gasteiger partial charge is 0.251 e. The molecule has 0 aliphatic carbocycles. The van der Waals surface area contributed by atoms with Gasteiger partial charge in [0, 0.05) is 18.7 Å². The van der Waals surface area contributed by atoms with Gasteiger partial charge >= 0.3 is 0 Å². The molecule has 106 valence electrons. The number of amides is 1. The van der Waals surface area contributed by atoms with E-state index in [1.54, 1.807) is 12.1 Å². The van der Waals surface area contributed by atoms with Crippen LogP contribution in [0.25, 0.3) is 0 Å². The van der Waals surface area contributed by atoms with Crippen LogP contribution >= 0.6 is 0 Å². The highest BCUT2D eigenvalue weighted by atomic mass is 16.1. The van der Waals surface area contributed by atoms with Crippen molar-refractivity contribution in [1.82, 2.24) is 5.32 Å². The molecule has 19 heavy (non-hydrogen) atoms. The van der Waals surface area contributed by atoms with Crippen molar-refractivity contribution < 1.29 is 4.79 Å². The molecule has 0 saturated heterocycles. The summed E-state index contributed by atoms with van der Waals surface area (Å²) in [6, 6.07) is 5.37. The Morgan fingerprint density at radius 1 is 1.32 bits per heavy atom. The third-order valence-electron chi connectivity index (χ3n) is 2.84. The van der Waals surface area contributed by atoms with E-state index < -0.39 is 0 Å². The zero-order valence-electron chi connectivity index (χ0n) is 12.3. The molecular weight excluding hydrogens is 238 g/mol. The molecule has 0 radical (unpaired) electrons.